The summed E-state index contributed by atoms with van der Waals surface area (Å²) in [5.74, 6) is -0.237. The molecule has 1 aromatic rings. The van der Waals surface area contributed by atoms with E-state index in [1.54, 1.807) is 0 Å². The second-order valence-electron chi connectivity index (χ2n) is 4.76. The Morgan fingerprint density at radius 1 is 1.40 bits per heavy atom. The van der Waals surface area contributed by atoms with Gasteiger partial charge in [0.25, 0.3) is 0 Å². The molecule has 0 saturated carbocycles. The van der Waals surface area contributed by atoms with Crippen LogP contribution in [-0.2, 0) is 14.3 Å². The molecule has 1 aliphatic heterocycles. The molecular formula is C16H21NO3. The third-order valence-electron chi connectivity index (χ3n) is 3.32. The van der Waals surface area contributed by atoms with Crippen LogP contribution in [0.1, 0.15) is 31.9 Å². The summed E-state index contributed by atoms with van der Waals surface area (Å²) in [6, 6.07) is 10.2. The number of hydrogen-bond acceptors (Lipinski definition) is 4. The summed E-state index contributed by atoms with van der Waals surface area (Å²) in [4.78, 5) is 12.0. The Balaban J connectivity index is 2.13. The fraction of sp³-hybridized carbons (Fsp3) is 0.438. The van der Waals surface area contributed by atoms with E-state index in [0.29, 0.717) is 31.8 Å². The summed E-state index contributed by atoms with van der Waals surface area (Å²) < 4.78 is 10.6. The molecule has 1 unspecified atom stereocenters. The predicted octanol–water partition coefficient (Wildman–Crippen LogP) is 2.57. The van der Waals surface area contributed by atoms with Crippen molar-refractivity contribution in [2.45, 2.75) is 26.3 Å². The van der Waals surface area contributed by atoms with Crippen molar-refractivity contribution in [1.29, 1.82) is 0 Å². The van der Waals surface area contributed by atoms with Gasteiger partial charge in [0, 0.05) is 18.2 Å². The summed E-state index contributed by atoms with van der Waals surface area (Å²) in [6.45, 7) is 5.28. The summed E-state index contributed by atoms with van der Waals surface area (Å²) in [6.07, 6.45) is 0.600. The highest BCUT2D eigenvalue weighted by Gasteiger charge is 2.22. The molecule has 0 fully saturated rings. The normalized spacial score (nSPS) is 16.7. The van der Waals surface area contributed by atoms with Crippen molar-refractivity contribution < 1.29 is 14.3 Å². The Bertz CT molecular complexity index is 482. The standard InChI is InChI=1S/C16H21NO3/c1-3-20-16(18)14-9-10-19-11-15(14)17-12(2)13-7-5-4-6-8-13/h4-8,12,17H,3,9-11H2,1-2H3. The summed E-state index contributed by atoms with van der Waals surface area (Å²) in [7, 11) is 0. The van der Waals surface area contributed by atoms with Crippen LogP contribution in [0.5, 0.6) is 0 Å². The minimum absolute atomic E-state index is 0.123. The van der Waals surface area contributed by atoms with E-state index in [1.807, 2.05) is 25.1 Å². The number of hydrogen-bond donors (Lipinski definition) is 1. The van der Waals surface area contributed by atoms with E-state index in [1.165, 1.54) is 5.56 Å². The molecule has 4 heteroatoms. The maximum absolute atomic E-state index is 12.0. The van der Waals surface area contributed by atoms with Crippen LogP contribution in [0.4, 0.5) is 0 Å². The zero-order valence-electron chi connectivity index (χ0n) is 12.0. The van der Waals surface area contributed by atoms with E-state index in [2.05, 4.69) is 24.4 Å². The highest BCUT2D eigenvalue weighted by Crippen LogP contribution is 2.20. The second-order valence-corrected chi connectivity index (χ2v) is 4.76. The SMILES string of the molecule is CCOC(=O)C1=C(NC(C)c2ccccc2)COCC1. The lowest BCUT2D eigenvalue weighted by Gasteiger charge is -2.24. The van der Waals surface area contributed by atoms with Gasteiger partial charge in [-0.3, -0.25) is 0 Å². The van der Waals surface area contributed by atoms with Crippen molar-refractivity contribution in [3.8, 4) is 0 Å². The molecule has 4 nitrogen and oxygen atoms in total. The van der Waals surface area contributed by atoms with Crippen LogP contribution in [0, 0.1) is 0 Å². The zero-order chi connectivity index (χ0) is 14.4. The molecule has 0 saturated heterocycles. The molecule has 1 aliphatic rings. The van der Waals surface area contributed by atoms with Crippen LogP contribution in [0.3, 0.4) is 0 Å². The molecule has 0 bridgehead atoms. The smallest absolute Gasteiger partial charge is 0.335 e. The van der Waals surface area contributed by atoms with Crippen molar-refractivity contribution in [1.82, 2.24) is 5.32 Å². The first-order valence-electron chi connectivity index (χ1n) is 7.00. The second kappa shape index (κ2) is 7.10. The van der Waals surface area contributed by atoms with E-state index < -0.39 is 0 Å². The first kappa shape index (κ1) is 14.6. The van der Waals surface area contributed by atoms with Crippen molar-refractivity contribution in [3.63, 3.8) is 0 Å². The van der Waals surface area contributed by atoms with Crippen LogP contribution < -0.4 is 5.32 Å². The number of carbonyl (C=O) groups is 1. The molecule has 0 amide bonds. The molecular weight excluding hydrogens is 254 g/mol. The number of benzene rings is 1. The fourth-order valence-corrected chi connectivity index (χ4v) is 2.25. The monoisotopic (exact) mass is 275 g/mol. The Morgan fingerprint density at radius 2 is 2.15 bits per heavy atom. The van der Waals surface area contributed by atoms with Gasteiger partial charge in [-0.1, -0.05) is 30.3 Å². The van der Waals surface area contributed by atoms with Gasteiger partial charge in [-0.2, -0.15) is 0 Å². The van der Waals surface area contributed by atoms with Crippen LogP contribution in [0.2, 0.25) is 0 Å². The van der Waals surface area contributed by atoms with Gasteiger partial charge < -0.3 is 14.8 Å². The van der Waals surface area contributed by atoms with E-state index >= 15 is 0 Å². The zero-order valence-corrected chi connectivity index (χ0v) is 12.0. The van der Waals surface area contributed by atoms with Crippen LogP contribution in [-0.4, -0.2) is 25.8 Å². The predicted molar refractivity (Wildman–Crippen MR) is 77.1 cm³/mol. The topological polar surface area (TPSA) is 47.6 Å². The van der Waals surface area contributed by atoms with Gasteiger partial charge in [0.2, 0.25) is 0 Å². The molecule has 0 aliphatic carbocycles. The van der Waals surface area contributed by atoms with Crippen LogP contribution in [0.15, 0.2) is 41.6 Å². The Morgan fingerprint density at radius 3 is 2.85 bits per heavy atom. The van der Waals surface area contributed by atoms with Crippen LogP contribution in [0.25, 0.3) is 0 Å². The highest BCUT2D eigenvalue weighted by atomic mass is 16.5. The fourth-order valence-electron chi connectivity index (χ4n) is 2.25. The first-order chi connectivity index (χ1) is 9.72. The Hall–Kier alpha value is -1.81. The molecule has 0 aromatic heterocycles. The largest absolute Gasteiger partial charge is 0.463 e. The Labute approximate surface area is 119 Å². The minimum atomic E-state index is -0.237. The number of rotatable bonds is 5. The minimum Gasteiger partial charge on any atom is -0.463 e. The quantitative estimate of drug-likeness (QED) is 0.839. The lowest BCUT2D eigenvalue weighted by Crippen LogP contribution is -2.29. The maximum atomic E-state index is 12.0. The van der Waals surface area contributed by atoms with Crippen molar-refractivity contribution >= 4 is 5.97 Å². The van der Waals surface area contributed by atoms with Gasteiger partial charge >= 0.3 is 5.97 Å². The highest BCUT2D eigenvalue weighted by molar-refractivity contribution is 5.89. The first-order valence-corrected chi connectivity index (χ1v) is 7.00. The average Bonchev–Trinajstić information content (AvgIpc) is 2.49. The van der Waals surface area contributed by atoms with Gasteiger partial charge in [0.1, 0.15) is 0 Å². The van der Waals surface area contributed by atoms with Gasteiger partial charge in [-0.25, -0.2) is 4.79 Å². The molecule has 0 radical (unpaired) electrons. The molecule has 1 heterocycles. The number of carbonyl (C=O) groups excluding carboxylic acids is 1. The van der Waals surface area contributed by atoms with Gasteiger partial charge in [0.15, 0.2) is 0 Å². The molecule has 1 aromatic carbocycles. The van der Waals surface area contributed by atoms with E-state index in [9.17, 15) is 4.79 Å². The van der Waals surface area contributed by atoms with Gasteiger partial charge in [-0.05, 0) is 19.4 Å². The van der Waals surface area contributed by atoms with E-state index in [0.717, 1.165) is 5.70 Å². The van der Waals surface area contributed by atoms with Crippen molar-refractivity contribution in [2.75, 3.05) is 19.8 Å². The summed E-state index contributed by atoms with van der Waals surface area (Å²) >= 11 is 0. The lowest BCUT2D eigenvalue weighted by atomic mass is 10.1. The van der Waals surface area contributed by atoms with Crippen molar-refractivity contribution in [2.24, 2.45) is 0 Å². The number of esters is 1. The van der Waals surface area contributed by atoms with Crippen LogP contribution >= 0.6 is 0 Å². The van der Waals surface area contributed by atoms with Crippen molar-refractivity contribution in [3.05, 3.63) is 47.2 Å². The molecule has 1 atom stereocenters. The number of nitrogens with one attached hydrogen (secondary N) is 1. The molecule has 108 valence electrons. The van der Waals surface area contributed by atoms with Gasteiger partial charge in [-0.15, -0.1) is 0 Å². The van der Waals surface area contributed by atoms with Gasteiger partial charge in [0.05, 0.1) is 25.4 Å². The maximum Gasteiger partial charge on any atom is 0.335 e. The van der Waals surface area contributed by atoms with E-state index in [4.69, 9.17) is 9.47 Å². The average molecular weight is 275 g/mol. The Kier molecular flexibility index (Phi) is 5.18. The number of ether oxygens (including phenoxy) is 2. The molecule has 0 spiro atoms. The summed E-state index contributed by atoms with van der Waals surface area (Å²) in [5, 5.41) is 3.38. The van der Waals surface area contributed by atoms with E-state index in [-0.39, 0.29) is 12.0 Å². The molecule has 1 N–H and O–H groups in total. The lowest BCUT2D eigenvalue weighted by molar-refractivity contribution is -0.139. The molecule has 2 rings (SSSR count). The molecule has 20 heavy (non-hydrogen) atoms. The third kappa shape index (κ3) is 3.61. The summed E-state index contributed by atoms with van der Waals surface area (Å²) in [5.41, 5.74) is 2.72. The third-order valence-corrected chi connectivity index (χ3v) is 3.32.